The number of hydrogen-bond donors (Lipinski definition) is 2. The molecule has 1 aromatic carbocycles. The molecule has 4 aliphatic rings. The first kappa shape index (κ1) is 20.6. The lowest BCUT2D eigenvalue weighted by Gasteiger charge is -2.50. The number of amides is 2. The molecule has 4 atom stereocenters. The smallest absolute Gasteiger partial charge is 0.315 e. The number of nitrogens with zero attached hydrogens (tertiary/aromatic N) is 3. The fraction of sp³-hybridized carbons (Fsp3) is 0.600. The van der Waals surface area contributed by atoms with Crippen LogP contribution in [0.5, 0.6) is 0 Å². The van der Waals surface area contributed by atoms with Gasteiger partial charge in [-0.1, -0.05) is 49.6 Å². The van der Waals surface area contributed by atoms with Crippen LogP contribution >= 0.6 is 0 Å². The van der Waals surface area contributed by atoms with E-state index < -0.39 is 0 Å². The van der Waals surface area contributed by atoms with E-state index in [-0.39, 0.29) is 6.03 Å². The standard InChI is InChI=1S/C25H35N5O/c1-29-24(15-23(28-29)18-8-4-2-5-9-18)22-17-30-13-12-19(22)14-21(30)16-26-25(31)27-20-10-6-3-7-11-20/h2,4-5,8-9,15,19-22H,3,6-7,10-14,16-17H2,1H3,(H2,26,27,31)/t19-,21+,22+/m0/s1. The van der Waals surface area contributed by atoms with Crippen LogP contribution in [0.1, 0.15) is 56.6 Å². The number of nitrogens with one attached hydrogen (secondary N) is 2. The number of urea groups is 1. The fourth-order valence-corrected chi connectivity index (χ4v) is 5.96. The molecule has 1 aromatic heterocycles. The highest BCUT2D eigenvalue weighted by Gasteiger charge is 2.41. The molecule has 0 radical (unpaired) electrons. The summed E-state index contributed by atoms with van der Waals surface area (Å²) in [7, 11) is 2.08. The Hall–Kier alpha value is -2.34. The highest BCUT2D eigenvalue weighted by atomic mass is 16.2. The third-order valence-electron chi connectivity index (χ3n) is 7.68. The number of aromatic nitrogens is 2. The monoisotopic (exact) mass is 421 g/mol. The first-order valence-electron chi connectivity index (χ1n) is 12.0. The summed E-state index contributed by atoms with van der Waals surface area (Å²) in [6.07, 6.45) is 8.43. The minimum Gasteiger partial charge on any atom is -0.337 e. The summed E-state index contributed by atoms with van der Waals surface area (Å²) in [6, 6.07) is 13.6. The second-order valence-corrected chi connectivity index (χ2v) is 9.67. The van der Waals surface area contributed by atoms with Crippen molar-refractivity contribution in [2.24, 2.45) is 13.0 Å². The average Bonchev–Trinajstić information content (AvgIpc) is 3.21. The average molecular weight is 422 g/mol. The third-order valence-corrected chi connectivity index (χ3v) is 7.68. The largest absolute Gasteiger partial charge is 0.337 e. The lowest BCUT2D eigenvalue weighted by atomic mass is 9.74. The molecule has 1 aliphatic carbocycles. The van der Waals surface area contributed by atoms with Crippen LogP contribution in [-0.4, -0.2) is 52.4 Å². The highest BCUT2D eigenvalue weighted by molar-refractivity contribution is 5.74. The zero-order chi connectivity index (χ0) is 21.2. The Morgan fingerprint density at radius 2 is 1.94 bits per heavy atom. The zero-order valence-electron chi connectivity index (χ0n) is 18.6. The summed E-state index contributed by atoms with van der Waals surface area (Å²) in [6.45, 7) is 2.96. The van der Waals surface area contributed by atoms with Crippen molar-refractivity contribution < 1.29 is 4.79 Å². The van der Waals surface area contributed by atoms with E-state index in [0.29, 0.717) is 23.9 Å². The molecule has 3 saturated heterocycles. The van der Waals surface area contributed by atoms with Gasteiger partial charge in [-0.2, -0.15) is 5.10 Å². The summed E-state index contributed by atoms with van der Waals surface area (Å²) in [5.74, 6) is 1.19. The number of carbonyl (C=O) groups is 1. The van der Waals surface area contributed by atoms with Crippen LogP contribution in [-0.2, 0) is 7.05 Å². The normalized spacial score (nSPS) is 28.4. The number of piperidine rings is 3. The molecular formula is C25H35N5O. The van der Waals surface area contributed by atoms with E-state index >= 15 is 0 Å². The summed E-state index contributed by atoms with van der Waals surface area (Å²) >= 11 is 0. The first-order valence-corrected chi connectivity index (χ1v) is 12.0. The highest BCUT2D eigenvalue weighted by Crippen LogP contribution is 2.42. The van der Waals surface area contributed by atoms with Gasteiger partial charge in [0.2, 0.25) is 0 Å². The fourth-order valence-electron chi connectivity index (χ4n) is 5.96. The molecule has 1 saturated carbocycles. The SMILES string of the molecule is Cn1nc(-c2ccccc2)cc1[C@@H]1CN2CC[C@H]1C[C@@H]2CNC(=O)NC1CCCCC1. The van der Waals surface area contributed by atoms with Gasteiger partial charge in [-0.05, 0) is 44.2 Å². The van der Waals surface area contributed by atoms with Crippen molar-refractivity contribution in [1.29, 1.82) is 0 Å². The van der Waals surface area contributed by atoms with Crippen LogP contribution in [0.25, 0.3) is 11.3 Å². The number of hydrogen-bond acceptors (Lipinski definition) is 3. The molecule has 6 rings (SSSR count). The van der Waals surface area contributed by atoms with Crippen molar-refractivity contribution in [3.8, 4) is 11.3 Å². The van der Waals surface area contributed by atoms with E-state index in [1.807, 2.05) is 6.07 Å². The van der Waals surface area contributed by atoms with Gasteiger partial charge in [0.1, 0.15) is 0 Å². The van der Waals surface area contributed by atoms with Crippen LogP contribution < -0.4 is 10.6 Å². The minimum absolute atomic E-state index is 0.0187. The number of rotatable bonds is 5. The number of carbonyl (C=O) groups excluding carboxylic acids is 1. The first-order chi connectivity index (χ1) is 15.2. The summed E-state index contributed by atoms with van der Waals surface area (Å²) in [5.41, 5.74) is 3.58. The van der Waals surface area contributed by atoms with Gasteiger partial charge in [-0.25, -0.2) is 4.79 Å². The quantitative estimate of drug-likeness (QED) is 0.770. The van der Waals surface area contributed by atoms with Crippen LogP contribution in [0, 0.1) is 5.92 Å². The van der Waals surface area contributed by atoms with Gasteiger partial charge in [-0.15, -0.1) is 0 Å². The van der Waals surface area contributed by atoms with Gasteiger partial charge in [0.05, 0.1) is 5.69 Å². The topological polar surface area (TPSA) is 62.2 Å². The molecule has 2 bridgehead atoms. The van der Waals surface area contributed by atoms with E-state index in [2.05, 4.69) is 57.6 Å². The molecule has 6 nitrogen and oxygen atoms in total. The van der Waals surface area contributed by atoms with Gasteiger partial charge >= 0.3 is 6.03 Å². The molecule has 4 heterocycles. The lowest BCUT2D eigenvalue weighted by Crippen LogP contribution is -2.57. The minimum atomic E-state index is 0.0187. The lowest BCUT2D eigenvalue weighted by molar-refractivity contribution is 0.0294. The molecule has 4 fully saturated rings. The molecule has 2 amide bonds. The van der Waals surface area contributed by atoms with Crippen LogP contribution in [0.2, 0.25) is 0 Å². The molecule has 1 unspecified atom stereocenters. The van der Waals surface area contributed by atoms with Gasteiger partial charge in [-0.3, -0.25) is 9.58 Å². The van der Waals surface area contributed by atoms with Crippen LogP contribution in [0.3, 0.4) is 0 Å². The van der Waals surface area contributed by atoms with Crippen molar-refractivity contribution in [3.63, 3.8) is 0 Å². The van der Waals surface area contributed by atoms with Crippen molar-refractivity contribution >= 4 is 6.03 Å². The summed E-state index contributed by atoms with van der Waals surface area (Å²) in [4.78, 5) is 15.0. The van der Waals surface area contributed by atoms with Crippen LogP contribution in [0.4, 0.5) is 4.79 Å². The third kappa shape index (κ3) is 4.49. The molecule has 31 heavy (non-hydrogen) atoms. The van der Waals surface area contributed by atoms with Crippen molar-refractivity contribution in [2.75, 3.05) is 19.6 Å². The maximum atomic E-state index is 12.4. The Labute approximate surface area is 185 Å². The molecule has 0 spiro atoms. The zero-order valence-corrected chi connectivity index (χ0v) is 18.6. The Morgan fingerprint density at radius 3 is 2.68 bits per heavy atom. The van der Waals surface area contributed by atoms with Crippen molar-refractivity contribution in [3.05, 3.63) is 42.1 Å². The van der Waals surface area contributed by atoms with E-state index in [0.717, 1.165) is 44.6 Å². The Morgan fingerprint density at radius 1 is 1.13 bits per heavy atom. The van der Waals surface area contributed by atoms with Gasteiger partial charge in [0, 0.05) is 49.4 Å². The maximum absolute atomic E-state index is 12.4. The Kier molecular flexibility index (Phi) is 5.99. The van der Waals surface area contributed by atoms with Crippen LogP contribution in [0.15, 0.2) is 36.4 Å². The predicted molar refractivity (Wildman–Crippen MR) is 123 cm³/mol. The summed E-state index contributed by atoms with van der Waals surface area (Å²) < 4.78 is 2.08. The molecule has 2 aromatic rings. The second-order valence-electron chi connectivity index (χ2n) is 9.67. The van der Waals surface area contributed by atoms with E-state index in [1.54, 1.807) is 0 Å². The van der Waals surface area contributed by atoms with Gasteiger partial charge in [0.15, 0.2) is 0 Å². The molecule has 2 N–H and O–H groups in total. The van der Waals surface area contributed by atoms with Crippen molar-refractivity contribution in [1.82, 2.24) is 25.3 Å². The predicted octanol–water partition coefficient (Wildman–Crippen LogP) is 3.90. The molecule has 166 valence electrons. The molecule has 3 aliphatic heterocycles. The van der Waals surface area contributed by atoms with E-state index in [9.17, 15) is 4.79 Å². The Balaban J connectivity index is 1.19. The molecular weight excluding hydrogens is 386 g/mol. The number of aryl methyl sites for hydroxylation is 1. The van der Waals surface area contributed by atoms with E-state index in [4.69, 9.17) is 5.10 Å². The van der Waals surface area contributed by atoms with Gasteiger partial charge in [0.25, 0.3) is 0 Å². The summed E-state index contributed by atoms with van der Waals surface area (Å²) in [5, 5.41) is 11.2. The Bertz CT molecular complexity index is 889. The van der Waals surface area contributed by atoms with Gasteiger partial charge < -0.3 is 10.6 Å². The number of benzene rings is 1. The van der Waals surface area contributed by atoms with Crippen molar-refractivity contribution in [2.45, 2.75) is 62.9 Å². The van der Waals surface area contributed by atoms with E-state index in [1.165, 1.54) is 36.9 Å². The number of fused-ring (bicyclic) bond motifs is 3. The second kappa shape index (κ2) is 9.03. The molecule has 6 heteroatoms. The maximum Gasteiger partial charge on any atom is 0.315 e.